The van der Waals surface area contributed by atoms with Gasteiger partial charge in [-0.1, -0.05) is 23.7 Å². The molecule has 5 rings (SSSR count). The number of hydrogen-bond acceptors (Lipinski definition) is 7. The molecule has 10 nitrogen and oxygen atoms in total. The van der Waals surface area contributed by atoms with E-state index in [1.165, 1.54) is 6.20 Å². The lowest BCUT2D eigenvalue weighted by molar-refractivity contribution is -0.134. The Morgan fingerprint density at radius 1 is 1.17 bits per heavy atom. The van der Waals surface area contributed by atoms with Crippen LogP contribution in [-0.2, 0) is 22.4 Å². The van der Waals surface area contributed by atoms with Gasteiger partial charge in [0.25, 0.3) is 5.91 Å². The number of fused-ring (bicyclic) bond motifs is 1. The van der Waals surface area contributed by atoms with E-state index >= 15 is 0 Å². The maximum atomic E-state index is 12.8. The Morgan fingerprint density at radius 2 is 2.00 bits per heavy atom. The lowest BCUT2D eigenvalue weighted by Crippen LogP contribution is -2.41. The fraction of sp³-hybridized carbons (Fsp3) is 0.333. The van der Waals surface area contributed by atoms with Crippen molar-refractivity contribution in [3.05, 3.63) is 58.5 Å². The summed E-state index contributed by atoms with van der Waals surface area (Å²) < 4.78 is 5.32. The smallest absolute Gasteiger partial charge is 0.255 e. The van der Waals surface area contributed by atoms with Gasteiger partial charge in [-0.3, -0.25) is 14.7 Å². The average molecular weight is 496 g/mol. The molecule has 35 heavy (non-hydrogen) atoms. The molecule has 0 aliphatic carbocycles. The minimum atomic E-state index is -0.0224. The molecule has 11 heteroatoms. The van der Waals surface area contributed by atoms with Gasteiger partial charge in [-0.15, -0.1) is 0 Å². The van der Waals surface area contributed by atoms with E-state index < -0.39 is 0 Å². The number of H-pyrrole nitrogens is 1. The number of nitrogens with zero attached hydrogens (tertiary/aromatic N) is 4. The van der Waals surface area contributed by atoms with E-state index in [9.17, 15) is 9.59 Å². The van der Waals surface area contributed by atoms with E-state index in [1.54, 1.807) is 29.1 Å². The lowest BCUT2D eigenvalue weighted by atomic mass is 9.97. The third-order valence-corrected chi connectivity index (χ3v) is 6.52. The average Bonchev–Trinajstić information content (AvgIpc) is 3.30. The minimum absolute atomic E-state index is 0.00152. The summed E-state index contributed by atoms with van der Waals surface area (Å²) in [6, 6.07) is 7.53. The molecule has 3 N–H and O–H groups in total. The molecular formula is C24H26ClN7O3. The van der Waals surface area contributed by atoms with Crippen molar-refractivity contribution < 1.29 is 14.3 Å². The first-order valence-electron chi connectivity index (χ1n) is 11.4. The number of carbonyl (C=O) groups excluding carboxylic acids is 2. The summed E-state index contributed by atoms with van der Waals surface area (Å²) in [5.41, 5.74) is 4.21. The summed E-state index contributed by atoms with van der Waals surface area (Å²) in [5, 5.41) is 14.0. The maximum Gasteiger partial charge on any atom is 0.255 e. The van der Waals surface area contributed by atoms with Crippen LogP contribution in [0.15, 0.2) is 36.7 Å². The first kappa shape index (κ1) is 23.1. The SMILES string of the molecule is CN1CCc2cccc(Nc3cc(Nc4c[nH]nc4CC(=O)N4CCOCC4)ncc3Cl)c2C1=O. The fourth-order valence-corrected chi connectivity index (χ4v) is 4.41. The zero-order valence-electron chi connectivity index (χ0n) is 19.3. The summed E-state index contributed by atoms with van der Waals surface area (Å²) in [7, 11) is 1.80. The monoisotopic (exact) mass is 495 g/mol. The number of pyridine rings is 1. The van der Waals surface area contributed by atoms with Gasteiger partial charge in [-0.2, -0.15) is 5.10 Å². The van der Waals surface area contributed by atoms with E-state index in [-0.39, 0.29) is 18.2 Å². The van der Waals surface area contributed by atoms with E-state index in [1.807, 2.05) is 18.2 Å². The Hall–Kier alpha value is -3.63. The first-order chi connectivity index (χ1) is 17.0. The first-order valence-corrected chi connectivity index (χ1v) is 11.8. The molecule has 1 aromatic carbocycles. The molecule has 4 heterocycles. The van der Waals surface area contributed by atoms with E-state index in [0.29, 0.717) is 72.0 Å². The number of halogens is 1. The van der Waals surface area contributed by atoms with Gasteiger partial charge in [0.2, 0.25) is 5.91 Å². The summed E-state index contributed by atoms with van der Waals surface area (Å²) in [5.74, 6) is 0.496. The van der Waals surface area contributed by atoms with Crippen LogP contribution in [0.1, 0.15) is 21.6 Å². The predicted octanol–water partition coefficient (Wildman–Crippen LogP) is 2.97. The van der Waals surface area contributed by atoms with Gasteiger partial charge in [0, 0.05) is 38.9 Å². The number of hydrogen-bond donors (Lipinski definition) is 3. The number of rotatable bonds is 6. The van der Waals surface area contributed by atoms with Crippen molar-refractivity contribution in [2.75, 3.05) is 50.5 Å². The van der Waals surface area contributed by atoms with Crippen molar-refractivity contribution in [2.45, 2.75) is 12.8 Å². The molecule has 0 spiro atoms. The number of morpholine rings is 1. The van der Waals surface area contributed by atoms with E-state index in [0.717, 1.165) is 12.0 Å². The van der Waals surface area contributed by atoms with Crippen molar-refractivity contribution in [3.8, 4) is 0 Å². The second-order valence-electron chi connectivity index (χ2n) is 8.53. The molecule has 0 bridgehead atoms. The lowest BCUT2D eigenvalue weighted by Gasteiger charge is -2.27. The van der Waals surface area contributed by atoms with Gasteiger partial charge in [-0.05, 0) is 18.1 Å². The van der Waals surface area contributed by atoms with Crippen molar-refractivity contribution in [2.24, 2.45) is 0 Å². The van der Waals surface area contributed by atoms with Crippen LogP contribution in [0.4, 0.5) is 22.9 Å². The number of amides is 2. The number of aromatic nitrogens is 3. The molecule has 0 unspecified atom stereocenters. The van der Waals surface area contributed by atoms with Gasteiger partial charge in [0.05, 0.1) is 59.2 Å². The number of benzene rings is 1. The van der Waals surface area contributed by atoms with Gasteiger partial charge in [-0.25, -0.2) is 4.98 Å². The highest BCUT2D eigenvalue weighted by Crippen LogP contribution is 2.33. The molecule has 1 fully saturated rings. The second kappa shape index (κ2) is 9.93. The number of ether oxygens (including phenoxy) is 1. The van der Waals surface area contributed by atoms with Crippen LogP contribution in [-0.4, -0.2) is 76.7 Å². The summed E-state index contributed by atoms with van der Waals surface area (Å²) >= 11 is 6.44. The van der Waals surface area contributed by atoms with Gasteiger partial charge >= 0.3 is 0 Å². The van der Waals surface area contributed by atoms with Gasteiger partial charge in [0.15, 0.2) is 0 Å². The summed E-state index contributed by atoms with van der Waals surface area (Å²) in [6.45, 7) is 2.96. The zero-order chi connectivity index (χ0) is 24.4. The Labute approximate surface area is 207 Å². The molecule has 0 radical (unpaired) electrons. The summed E-state index contributed by atoms with van der Waals surface area (Å²) in [4.78, 5) is 33.3. The van der Waals surface area contributed by atoms with E-state index in [4.69, 9.17) is 16.3 Å². The van der Waals surface area contributed by atoms with Gasteiger partial charge in [0.1, 0.15) is 5.82 Å². The third kappa shape index (κ3) is 4.94. The van der Waals surface area contributed by atoms with Crippen LogP contribution in [0.3, 0.4) is 0 Å². The fourth-order valence-electron chi connectivity index (χ4n) is 4.26. The molecule has 1 saturated heterocycles. The third-order valence-electron chi connectivity index (χ3n) is 6.22. The van der Waals surface area contributed by atoms with Crippen LogP contribution in [0.2, 0.25) is 5.02 Å². The van der Waals surface area contributed by atoms with Gasteiger partial charge < -0.3 is 25.2 Å². The second-order valence-corrected chi connectivity index (χ2v) is 8.94. The van der Waals surface area contributed by atoms with Crippen LogP contribution in [0.25, 0.3) is 0 Å². The molecule has 3 aromatic rings. The van der Waals surface area contributed by atoms with E-state index in [2.05, 4.69) is 25.8 Å². The Balaban J connectivity index is 1.34. The highest BCUT2D eigenvalue weighted by atomic mass is 35.5. The predicted molar refractivity (Wildman–Crippen MR) is 133 cm³/mol. The largest absolute Gasteiger partial charge is 0.378 e. The Bertz CT molecular complexity index is 1260. The molecule has 0 saturated carbocycles. The number of carbonyl (C=O) groups is 2. The Kier molecular flexibility index (Phi) is 6.56. The maximum absolute atomic E-state index is 12.8. The minimum Gasteiger partial charge on any atom is -0.378 e. The molecule has 0 atom stereocenters. The normalized spacial score (nSPS) is 15.7. The highest BCUT2D eigenvalue weighted by molar-refractivity contribution is 6.33. The van der Waals surface area contributed by atoms with Crippen LogP contribution >= 0.6 is 11.6 Å². The molecule has 2 aliphatic heterocycles. The number of anilines is 4. The number of aromatic amines is 1. The van der Waals surface area contributed by atoms with Crippen molar-refractivity contribution >= 4 is 46.3 Å². The molecule has 182 valence electrons. The molecule has 2 aliphatic rings. The standard InChI is InChI=1S/C24H26ClN7O3/c1-31-6-5-15-3-2-4-17(23(15)24(31)34)28-18-11-21(26-13-16(18)25)29-20-14-27-30-19(20)12-22(33)32-7-9-35-10-8-32/h2-4,11,13-14H,5-10,12H2,1H3,(H,27,30)(H2,26,28,29). The molecular weight excluding hydrogens is 470 g/mol. The topological polar surface area (TPSA) is 115 Å². The molecule has 2 aromatic heterocycles. The Morgan fingerprint density at radius 3 is 2.83 bits per heavy atom. The van der Waals surface area contributed by atoms with Crippen molar-refractivity contribution in [1.82, 2.24) is 25.0 Å². The van der Waals surface area contributed by atoms with Crippen LogP contribution < -0.4 is 10.6 Å². The number of nitrogens with one attached hydrogen (secondary N) is 3. The van der Waals surface area contributed by atoms with Crippen LogP contribution in [0.5, 0.6) is 0 Å². The molecule has 2 amide bonds. The number of likely N-dealkylation sites (N-methyl/N-ethyl adjacent to an activating group) is 1. The quantitative estimate of drug-likeness (QED) is 0.481. The highest BCUT2D eigenvalue weighted by Gasteiger charge is 2.25. The van der Waals surface area contributed by atoms with Crippen LogP contribution in [0, 0.1) is 0 Å². The van der Waals surface area contributed by atoms with Crippen molar-refractivity contribution in [3.63, 3.8) is 0 Å². The summed E-state index contributed by atoms with van der Waals surface area (Å²) in [6.07, 6.45) is 4.19. The van der Waals surface area contributed by atoms with Crippen molar-refractivity contribution in [1.29, 1.82) is 0 Å². The zero-order valence-corrected chi connectivity index (χ0v) is 20.1.